The summed E-state index contributed by atoms with van der Waals surface area (Å²) in [4.78, 5) is 12.5. The van der Waals surface area contributed by atoms with E-state index in [2.05, 4.69) is 10.5 Å². The molecule has 1 amide bonds. The van der Waals surface area contributed by atoms with Crippen molar-refractivity contribution in [3.63, 3.8) is 0 Å². The van der Waals surface area contributed by atoms with Crippen molar-refractivity contribution in [3.8, 4) is 11.5 Å². The normalized spacial score (nSPS) is 11.1. The molecule has 0 bridgehead atoms. The van der Waals surface area contributed by atoms with Crippen LogP contribution in [0.5, 0.6) is 11.5 Å². The highest BCUT2D eigenvalue weighted by atomic mass is 16.5. The third kappa shape index (κ3) is 3.05. The summed E-state index contributed by atoms with van der Waals surface area (Å²) >= 11 is 0. The van der Waals surface area contributed by atoms with Gasteiger partial charge in [0.15, 0.2) is 17.3 Å². The molecule has 118 valence electrons. The van der Waals surface area contributed by atoms with Crippen LogP contribution in [0.15, 0.2) is 28.8 Å². The smallest absolute Gasteiger partial charge is 0.235 e. The van der Waals surface area contributed by atoms with Crippen molar-refractivity contribution < 1.29 is 18.8 Å². The first-order chi connectivity index (χ1) is 10.4. The minimum absolute atomic E-state index is 0.187. The first kappa shape index (κ1) is 15.9. The summed E-state index contributed by atoms with van der Waals surface area (Å²) in [5.41, 5.74) is 0.0368. The van der Waals surface area contributed by atoms with Crippen LogP contribution in [0, 0.1) is 6.92 Å². The van der Waals surface area contributed by atoms with Crippen molar-refractivity contribution in [1.29, 1.82) is 0 Å². The number of carbonyl (C=O) groups is 1. The number of amides is 1. The average molecular weight is 304 g/mol. The predicted octanol–water partition coefficient (Wildman–Crippen LogP) is 2.92. The summed E-state index contributed by atoms with van der Waals surface area (Å²) in [6.07, 6.45) is 0. The van der Waals surface area contributed by atoms with Gasteiger partial charge in [0.05, 0.1) is 19.6 Å². The zero-order chi connectivity index (χ0) is 16.3. The number of carbonyl (C=O) groups excluding carboxylic acids is 1. The number of aromatic nitrogens is 1. The molecule has 0 saturated heterocycles. The van der Waals surface area contributed by atoms with Gasteiger partial charge in [0.25, 0.3) is 0 Å². The van der Waals surface area contributed by atoms with Crippen LogP contribution in [0.4, 0.5) is 5.82 Å². The number of methoxy groups -OCH3 is 2. The van der Waals surface area contributed by atoms with Crippen molar-refractivity contribution in [2.24, 2.45) is 0 Å². The molecule has 1 aromatic carbocycles. The molecule has 6 nitrogen and oxygen atoms in total. The van der Waals surface area contributed by atoms with Crippen LogP contribution >= 0.6 is 0 Å². The third-order valence-corrected chi connectivity index (χ3v) is 3.54. The average Bonchev–Trinajstić information content (AvgIpc) is 2.91. The zero-order valence-electron chi connectivity index (χ0n) is 13.4. The molecule has 0 spiro atoms. The first-order valence-electron chi connectivity index (χ1n) is 6.85. The second kappa shape index (κ2) is 6.09. The molecule has 0 unspecified atom stereocenters. The van der Waals surface area contributed by atoms with Crippen molar-refractivity contribution in [2.45, 2.75) is 26.2 Å². The van der Waals surface area contributed by atoms with Crippen LogP contribution in [0.25, 0.3) is 0 Å². The maximum absolute atomic E-state index is 12.5. The molecule has 0 saturated carbocycles. The van der Waals surface area contributed by atoms with E-state index in [1.165, 1.54) is 0 Å². The monoisotopic (exact) mass is 304 g/mol. The summed E-state index contributed by atoms with van der Waals surface area (Å²) in [6.45, 7) is 5.43. The lowest BCUT2D eigenvalue weighted by atomic mass is 9.83. The number of rotatable bonds is 5. The minimum atomic E-state index is -0.771. The van der Waals surface area contributed by atoms with E-state index in [1.807, 2.05) is 19.9 Å². The fraction of sp³-hybridized carbons (Fsp3) is 0.375. The van der Waals surface area contributed by atoms with Crippen molar-refractivity contribution in [2.75, 3.05) is 19.5 Å². The highest BCUT2D eigenvalue weighted by Gasteiger charge is 2.31. The van der Waals surface area contributed by atoms with E-state index in [9.17, 15) is 4.79 Å². The van der Waals surface area contributed by atoms with Crippen LogP contribution in [-0.2, 0) is 10.2 Å². The molecule has 0 aliphatic heterocycles. The van der Waals surface area contributed by atoms with E-state index in [-0.39, 0.29) is 5.91 Å². The second-order valence-electron chi connectivity index (χ2n) is 5.47. The molecule has 1 aromatic heterocycles. The highest BCUT2D eigenvalue weighted by Crippen LogP contribution is 2.33. The molecule has 0 atom stereocenters. The Bertz CT molecular complexity index is 677. The van der Waals surface area contributed by atoms with E-state index in [1.54, 1.807) is 39.3 Å². The van der Waals surface area contributed by atoms with Crippen molar-refractivity contribution >= 4 is 11.7 Å². The predicted molar refractivity (Wildman–Crippen MR) is 82.4 cm³/mol. The van der Waals surface area contributed by atoms with Crippen molar-refractivity contribution in [1.82, 2.24) is 5.16 Å². The fourth-order valence-corrected chi connectivity index (χ4v) is 2.05. The molecule has 0 aliphatic carbocycles. The maximum Gasteiger partial charge on any atom is 0.235 e. The Hall–Kier alpha value is -2.50. The topological polar surface area (TPSA) is 73.6 Å². The molecule has 1 N–H and O–H groups in total. The number of benzene rings is 1. The SMILES string of the molecule is COc1ccc(C(C)(C)C(=O)Nc2cc(C)on2)cc1OC. The number of anilines is 1. The van der Waals surface area contributed by atoms with E-state index >= 15 is 0 Å². The quantitative estimate of drug-likeness (QED) is 0.919. The Morgan fingerprint density at radius 3 is 2.41 bits per heavy atom. The Kier molecular flexibility index (Phi) is 4.40. The van der Waals surface area contributed by atoms with E-state index < -0.39 is 5.41 Å². The largest absolute Gasteiger partial charge is 0.493 e. The van der Waals surface area contributed by atoms with Gasteiger partial charge in [-0.15, -0.1) is 0 Å². The standard InChI is InChI=1S/C16H20N2O4/c1-10-8-14(18-22-10)17-15(19)16(2,3)11-6-7-12(20-4)13(9-11)21-5/h6-9H,1-5H3,(H,17,18,19). The third-order valence-electron chi connectivity index (χ3n) is 3.54. The van der Waals surface area contributed by atoms with Gasteiger partial charge in [0.1, 0.15) is 5.76 Å². The second-order valence-corrected chi connectivity index (χ2v) is 5.47. The summed E-state index contributed by atoms with van der Waals surface area (Å²) in [5.74, 6) is 2.05. The van der Waals surface area contributed by atoms with Crippen LogP contribution in [0.1, 0.15) is 25.2 Å². The van der Waals surface area contributed by atoms with Gasteiger partial charge in [-0.2, -0.15) is 0 Å². The Morgan fingerprint density at radius 1 is 1.18 bits per heavy atom. The lowest BCUT2D eigenvalue weighted by Crippen LogP contribution is -2.34. The molecule has 6 heteroatoms. The highest BCUT2D eigenvalue weighted by molar-refractivity contribution is 5.98. The molecule has 2 aromatic rings. The molecule has 1 heterocycles. The van der Waals surface area contributed by atoms with Gasteiger partial charge in [-0.05, 0) is 38.5 Å². The summed E-state index contributed by atoms with van der Waals surface area (Å²) < 4.78 is 15.5. The summed E-state index contributed by atoms with van der Waals surface area (Å²) in [7, 11) is 3.13. The van der Waals surface area contributed by atoms with Gasteiger partial charge in [0, 0.05) is 6.07 Å². The zero-order valence-corrected chi connectivity index (χ0v) is 13.4. The molecule has 2 rings (SSSR count). The van der Waals surface area contributed by atoms with Gasteiger partial charge in [-0.1, -0.05) is 11.2 Å². The fourth-order valence-electron chi connectivity index (χ4n) is 2.05. The Morgan fingerprint density at radius 2 is 1.86 bits per heavy atom. The number of hydrogen-bond donors (Lipinski definition) is 1. The van der Waals surface area contributed by atoms with Gasteiger partial charge >= 0.3 is 0 Å². The number of ether oxygens (including phenoxy) is 2. The van der Waals surface area contributed by atoms with Gasteiger partial charge in [-0.3, -0.25) is 4.79 Å². The number of aryl methyl sites for hydroxylation is 1. The molecule has 0 fully saturated rings. The molecule has 0 radical (unpaired) electrons. The maximum atomic E-state index is 12.5. The summed E-state index contributed by atoms with van der Waals surface area (Å²) in [5, 5.41) is 6.52. The van der Waals surface area contributed by atoms with E-state index in [0.717, 1.165) is 5.56 Å². The number of nitrogens with zero attached hydrogens (tertiary/aromatic N) is 1. The molecular formula is C16H20N2O4. The van der Waals surface area contributed by atoms with Gasteiger partial charge in [-0.25, -0.2) is 0 Å². The van der Waals surface area contributed by atoms with E-state index in [0.29, 0.717) is 23.1 Å². The molecular weight excluding hydrogens is 284 g/mol. The number of hydrogen-bond acceptors (Lipinski definition) is 5. The Balaban J connectivity index is 2.26. The van der Waals surface area contributed by atoms with E-state index in [4.69, 9.17) is 14.0 Å². The lowest BCUT2D eigenvalue weighted by Gasteiger charge is -2.24. The van der Waals surface area contributed by atoms with Gasteiger partial charge in [0.2, 0.25) is 5.91 Å². The van der Waals surface area contributed by atoms with Crippen LogP contribution in [0.2, 0.25) is 0 Å². The minimum Gasteiger partial charge on any atom is -0.493 e. The summed E-state index contributed by atoms with van der Waals surface area (Å²) in [6, 6.07) is 7.09. The first-order valence-corrected chi connectivity index (χ1v) is 6.85. The molecule has 0 aliphatic rings. The number of nitrogens with one attached hydrogen (secondary N) is 1. The van der Waals surface area contributed by atoms with Gasteiger partial charge < -0.3 is 19.3 Å². The van der Waals surface area contributed by atoms with Crippen LogP contribution in [0.3, 0.4) is 0 Å². The van der Waals surface area contributed by atoms with Crippen molar-refractivity contribution in [3.05, 3.63) is 35.6 Å². The Labute approximate surface area is 129 Å². The van der Waals surface area contributed by atoms with Crippen LogP contribution in [-0.4, -0.2) is 25.3 Å². The lowest BCUT2D eigenvalue weighted by molar-refractivity contribution is -0.120. The molecule has 22 heavy (non-hydrogen) atoms. The van der Waals surface area contributed by atoms with Crippen LogP contribution < -0.4 is 14.8 Å².